The maximum absolute atomic E-state index is 4.88. The van der Waals surface area contributed by atoms with Gasteiger partial charge in [-0.3, -0.25) is 0 Å². The average molecular weight is 107 g/mol. The van der Waals surface area contributed by atoms with Crippen molar-refractivity contribution in [2.24, 2.45) is 0 Å². The average Bonchev–Trinajstić information content (AvgIpc) is 1.35. The van der Waals surface area contributed by atoms with E-state index in [9.17, 15) is 0 Å². The number of hydrogen-bond donors (Lipinski definition) is 0. The van der Waals surface area contributed by atoms with E-state index in [1.165, 1.54) is 0 Å². The molecule has 0 radical (unpaired) electrons. The molecule has 0 bridgehead atoms. The van der Waals surface area contributed by atoms with Crippen LogP contribution < -0.4 is 0 Å². The Kier molecular flexibility index (Phi) is 4.22. The molecule has 0 saturated heterocycles. The molecule has 3 nitrogen and oxygen atoms in total. The van der Waals surface area contributed by atoms with E-state index in [1.54, 1.807) is 7.11 Å². The lowest BCUT2D eigenvalue weighted by Gasteiger charge is -2.17. The van der Waals surface area contributed by atoms with Crippen LogP contribution in [-0.4, -0.2) is 38.4 Å². The Balaban J connectivity index is 0. The van der Waals surface area contributed by atoms with Crippen molar-refractivity contribution in [3.05, 3.63) is 0 Å². The molecular formula is C4H13NO2. The zero-order chi connectivity index (χ0) is 5.21. The minimum atomic E-state index is 0. The lowest BCUT2D eigenvalue weighted by atomic mass is 10.9. The molecule has 0 atom stereocenters. The predicted molar refractivity (Wildman–Crippen MR) is 27.0 cm³/mol. The van der Waals surface area contributed by atoms with Gasteiger partial charge >= 0.3 is 0 Å². The van der Waals surface area contributed by atoms with Crippen molar-refractivity contribution in [2.45, 2.75) is 0 Å². The zero-order valence-electron chi connectivity index (χ0n) is 5.30. The van der Waals surface area contributed by atoms with E-state index in [1.807, 2.05) is 21.1 Å². The van der Waals surface area contributed by atoms with Crippen molar-refractivity contribution in [3.8, 4) is 0 Å². The fourth-order valence-corrected chi connectivity index (χ4v) is 0. The molecule has 0 aromatic carbocycles. The van der Waals surface area contributed by atoms with Crippen molar-refractivity contribution in [1.29, 1.82) is 0 Å². The molecule has 7 heavy (non-hydrogen) atoms. The van der Waals surface area contributed by atoms with Crippen molar-refractivity contribution in [1.82, 2.24) is 0 Å². The van der Waals surface area contributed by atoms with E-state index in [0.29, 0.717) is 4.65 Å². The van der Waals surface area contributed by atoms with Crippen LogP contribution >= 0.6 is 0 Å². The van der Waals surface area contributed by atoms with Crippen LogP contribution in [0.15, 0.2) is 0 Å². The molecule has 0 aliphatic rings. The molecule has 3 heteroatoms. The second kappa shape index (κ2) is 2.96. The fraction of sp³-hybridized carbons (Fsp3) is 1.00. The van der Waals surface area contributed by atoms with Crippen molar-refractivity contribution >= 4 is 0 Å². The second-order valence-corrected chi connectivity index (χ2v) is 2.07. The van der Waals surface area contributed by atoms with E-state index in [2.05, 4.69) is 0 Å². The summed E-state index contributed by atoms with van der Waals surface area (Å²) in [5, 5.41) is 0. The van der Waals surface area contributed by atoms with Crippen molar-refractivity contribution in [3.63, 3.8) is 0 Å². The van der Waals surface area contributed by atoms with Gasteiger partial charge in [0.1, 0.15) is 0 Å². The quantitative estimate of drug-likeness (QED) is 0.351. The summed E-state index contributed by atoms with van der Waals surface area (Å²) in [7, 11) is 7.56. The Morgan fingerprint density at radius 2 is 1.29 bits per heavy atom. The van der Waals surface area contributed by atoms with Crippen molar-refractivity contribution in [2.75, 3.05) is 28.3 Å². The van der Waals surface area contributed by atoms with Gasteiger partial charge in [0.05, 0.1) is 28.3 Å². The molecule has 0 aliphatic heterocycles. The molecule has 0 heterocycles. The summed E-state index contributed by atoms with van der Waals surface area (Å²) in [5.41, 5.74) is 0. The number of rotatable bonds is 1. The smallest absolute Gasteiger partial charge is 0.0981 e. The SMILES string of the molecule is CO[N+](C)(C)C.[OH-]. The normalized spacial score (nSPS) is 10.3. The third kappa shape index (κ3) is 10.7. The Morgan fingerprint density at radius 3 is 1.29 bits per heavy atom. The lowest BCUT2D eigenvalue weighted by molar-refractivity contribution is -1.06. The van der Waals surface area contributed by atoms with Crippen LogP contribution in [-0.2, 0) is 4.84 Å². The van der Waals surface area contributed by atoms with Gasteiger partial charge in [0.25, 0.3) is 0 Å². The maximum Gasteiger partial charge on any atom is 0.0981 e. The Hall–Kier alpha value is -0.120. The van der Waals surface area contributed by atoms with Crippen molar-refractivity contribution < 1.29 is 15.0 Å². The van der Waals surface area contributed by atoms with Gasteiger partial charge in [0, 0.05) is 0 Å². The molecule has 0 aromatic rings. The van der Waals surface area contributed by atoms with E-state index in [0.717, 1.165) is 0 Å². The van der Waals surface area contributed by atoms with Gasteiger partial charge in [0.15, 0.2) is 0 Å². The van der Waals surface area contributed by atoms with Crippen LogP contribution in [0.3, 0.4) is 0 Å². The molecule has 0 aromatic heterocycles. The summed E-state index contributed by atoms with van der Waals surface area (Å²) >= 11 is 0. The molecule has 46 valence electrons. The van der Waals surface area contributed by atoms with E-state index in [4.69, 9.17) is 4.84 Å². The van der Waals surface area contributed by atoms with Crippen LogP contribution in [0, 0.1) is 0 Å². The number of hydrogen-bond acceptors (Lipinski definition) is 2. The van der Waals surface area contributed by atoms with Gasteiger partial charge in [-0.15, -0.1) is 0 Å². The van der Waals surface area contributed by atoms with Gasteiger partial charge in [-0.2, -0.15) is 4.65 Å². The molecule has 0 rings (SSSR count). The summed E-state index contributed by atoms with van der Waals surface area (Å²) in [6.45, 7) is 0. The Morgan fingerprint density at radius 1 is 1.14 bits per heavy atom. The van der Waals surface area contributed by atoms with Gasteiger partial charge in [0.2, 0.25) is 0 Å². The standard InChI is InChI=1S/C4H12NO.H2O/c1-5(2,3)6-4;/h1-4H3;1H2/q+1;/p-1. The topological polar surface area (TPSA) is 39.2 Å². The highest BCUT2D eigenvalue weighted by molar-refractivity contribution is 3.78. The zero-order valence-corrected chi connectivity index (χ0v) is 5.30. The highest BCUT2D eigenvalue weighted by Gasteiger charge is 2.00. The predicted octanol–water partition coefficient (Wildman–Crippen LogP) is 0.0772. The third-order valence-electron chi connectivity index (χ3n) is 0.548. The minimum absolute atomic E-state index is 0. The molecular weight excluding hydrogens is 94.0 g/mol. The first kappa shape index (κ1) is 9.99. The first-order valence-corrected chi connectivity index (χ1v) is 1.93. The van der Waals surface area contributed by atoms with E-state index < -0.39 is 0 Å². The Bertz CT molecular complexity index is 39.4. The van der Waals surface area contributed by atoms with Gasteiger partial charge in [-0.1, -0.05) is 0 Å². The van der Waals surface area contributed by atoms with Gasteiger partial charge in [-0.05, 0) is 0 Å². The molecule has 0 amide bonds. The Labute approximate surface area is 44.4 Å². The number of nitrogens with zero attached hydrogens (tertiary/aromatic N) is 1. The second-order valence-electron chi connectivity index (χ2n) is 2.07. The van der Waals surface area contributed by atoms with Gasteiger partial charge < -0.3 is 5.48 Å². The summed E-state index contributed by atoms with van der Waals surface area (Å²) in [5.74, 6) is 0. The van der Waals surface area contributed by atoms with Crippen LogP contribution in [0.25, 0.3) is 0 Å². The maximum atomic E-state index is 4.88. The fourth-order valence-electron chi connectivity index (χ4n) is 0. The van der Waals surface area contributed by atoms with Crippen LogP contribution in [0.2, 0.25) is 0 Å². The number of hydroxylamine groups is 3. The molecule has 0 unspecified atom stereocenters. The van der Waals surface area contributed by atoms with Gasteiger partial charge in [-0.25, -0.2) is 4.84 Å². The summed E-state index contributed by atoms with van der Waals surface area (Å²) < 4.78 is 0.569. The first-order valence-electron chi connectivity index (χ1n) is 1.93. The molecule has 0 spiro atoms. The molecule has 1 N–H and O–H groups in total. The monoisotopic (exact) mass is 107 g/mol. The summed E-state index contributed by atoms with van der Waals surface area (Å²) in [4.78, 5) is 4.88. The summed E-state index contributed by atoms with van der Waals surface area (Å²) in [6, 6.07) is 0. The molecule has 0 saturated carbocycles. The van der Waals surface area contributed by atoms with Crippen LogP contribution in [0.5, 0.6) is 0 Å². The highest BCUT2D eigenvalue weighted by atomic mass is 16.7. The number of quaternary nitrogens is 1. The largest absolute Gasteiger partial charge is 0.870 e. The van der Waals surface area contributed by atoms with E-state index in [-0.39, 0.29) is 5.48 Å². The highest BCUT2D eigenvalue weighted by Crippen LogP contribution is 1.84. The minimum Gasteiger partial charge on any atom is -0.870 e. The van der Waals surface area contributed by atoms with E-state index >= 15 is 0 Å². The van der Waals surface area contributed by atoms with Crippen LogP contribution in [0.1, 0.15) is 0 Å². The lowest BCUT2D eigenvalue weighted by Crippen LogP contribution is -2.32. The first-order chi connectivity index (χ1) is 2.56. The third-order valence-corrected chi connectivity index (χ3v) is 0.548. The summed E-state index contributed by atoms with van der Waals surface area (Å²) in [6.07, 6.45) is 0. The molecule has 0 aliphatic carbocycles. The van der Waals surface area contributed by atoms with Crippen LogP contribution in [0.4, 0.5) is 0 Å². The molecule has 0 fully saturated rings.